The second kappa shape index (κ2) is 1.79. The average Bonchev–Trinajstić information content (AvgIpc) is 1.95. The molecule has 4 nitrogen and oxygen atoms in total. The minimum atomic E-state index is -1.46. The molecule has 0 aromatic rings. The van der Waals surface area contributed by atoms with Gasteiger partial charge in [0.05, 0.1) is 5.54 Å². The van der Waals surface area contributed by atoms with Crippen molar-refractivity contribution in [3.63, 3.8) is 0 Å². The van der Waals surface area contributed by atoms with Gasteiger partial charge in [-0.25, -0.2) is 0 Å². The molecule has 4 heteroatoms. The molecule has 0 aromatic carbocycles. The van der Waals surface area contributed by atoms with Crippen LogP contribution in [0.15, 0.2) is 0 Å². The molecule has 0 bridgehead atoms. The molecule has 56 valence electrons. The monoisotopic (exact) mass is 143 g/mol. The Kier molecular flexibility index (Phi) is 1.29. The van der Waals surface area contributed by atoms with Gasteiger partial charge >= 0.3 is 0 Å². The molecule has 1 amide bonds. The topological polar surface area (TPSA) is 66.4 Å². The van der Waals surface area contributed by atoms with Crippen LogP contribution in [-0.2, 0) is 9.59 Å². The number of carbonyl (C=O) groups is 2. The van der Waals surface area contributed by atoms with E-state index in [9.17, 15) is 9.59 Å². The summed E-state index contributed by atoms with van der Waals surface area (Å²) in [7, 11) is 0. The lowest BCUT2D eigenvalue weighted by molar-refractivity contribution is -0.133. The van der Waals surface area contributed by atoms with Gasteiger partial charge in [0.2, 0.25) is 0 Å². The van der Waals surface area contributed by atoms with E-state index < -0.39 is 23.3 Å². The number of aliphatic hydroxyl groups is 1. The smallest absolute Gasteiger partial charge is 0.257 e. The van der Waals surface area contributed by atoms with Crippen LogP contribution in [0.5, 0.6) is 0 Å². The van der Waals surface area contributed by atoms with Crippen molar-refractivity contribution in [2.24, 2.45) is 0 Å². The van der Waals surface area contributed by atoms with E-state index in [0.717, 1.165) is 0 Å². The van der Waals surface area contributed by atoms with Gasteiger partial charge in [0.25, 0.3) is 5.91 Å². The third kappa shape index (κ3) is 0.806. The highest BCUT2D eigenvalue weighted by Gasteiger charge is 2.45. The van der Waals surface area contributed by atoms with Crippen molar-refractivity contribution in [2.45, 2.75) is 25.5 Å². The van der Waals surface area contributed by atoms with Gasteiger partial charge in [0.15, 0.2) is 11.9 Å². The van der Waals surface area contributed by atoms with Crippen molar-refractivity contribution < 1.29 is 14.7 Å². The molecule has 1 fully saturated rings. The Labute approximate surface area is 58.2 Å². The second-order valence-corrected chi connectivity index (χ2v) is 2.88. The van der Waals surface area contributed by atoms with Gasteiger partial charge in [-0.05, 0) is 13.8 Å². The summed E-state index contributed by atoms with van der Waals surface area (Å²) in [6, 6.07) is 0. The van der Waals surface area contributed by atoms with Crippen LogP contribution in [0.4, 0.5) is 0 Å². The van der Waals surface area contributed by atoms with Gasteiger partial charge < -0.3 is 10.4 Å². The van der Waals surface area contributed by atoms with Crippen LogP contribution in [0.2, 0.25) is 0 Å². The largest absolute Gasteiger partial charge is 0.376 e. The maximum atomic E-state index is 10.9. The zero-order chi connectivity index (χ0) is 7.94. The quantitative estimate of drug-likeness (QED) is 0.420. The highest BCUT2D eigenvalue weighted by molar-refractivity contribution is 6.14. The first-order valence-electron chi connectivity index (χ1n) is 2.99. The lowest BCUT2D eigenvalue weighted by Crippen LogP contribution is -2.39. The molecular formula is C6H9NO3. The summed E-state index contributed by atoms with van der Waals surface area (Å²) in [4.78, 5) is 21.5. The van der Waals surface area contributed by atoms with E-state index in [1.807, 2.05) is 0 Å². The normalized spacial score (nSPS) is 30.5. The first-order chi connectivity index (χ1) is 4.45. The van der Waals surface area contributed by atoms with Gasteiger partial charge in [0.1, 0.15) is 0 Å². The summed E-state index contributed by atoms with van der Waals surface area (Å²) in [5.74, 6) is -1.06. The molecule has 0 aromatic heterocycles. The number of hydrogen-bond donors (Lipinski definition) is 2. The Hall–Kier alpha value is -0.900. The molecule has 1 atom stereocenters. The van der Waals surface area contributed by atoms with Crippen molar-refractivity contribution in [1.82, 2.24) is 5.32 Å². The minimum absolute atomic E-state index is 0.461. The third-order valence-corrected chi connectivity index (χ3v) is 1.55. The van der Waals surface area contributed by atoms with E-state index in [2.05, 4.69) is 5.32 Å². The lowest BCUT2D eigenvalue weighted by atomic mass is 10.0. The first-order valence-corrected chi connectivity index (χ1v) is 2.99. The molecule has 0 radical (unpaired) electrons. The average molecular weight is 143 g/mol. The van der Waals surface area contributed by atoms with Crippen molar-refractivity contribution >= 4 is 11.7 Å². The van der Waals surface area contributed by atoms with E-state index in [-0.39, 0.29) is 0 Å². The molecule has 2 N–H and O–H groups in total. The zero-order valence-electron chi connectivity index (χ0n) is 5.84. The van der Waals surface area contributed by atoms with Crippen LogP contribution in [0.25, 0.3) is 0 Å². The maximum Gasteiger partial charge on any atom is 0.257 e. The van der Waals surface area contributed by atoms with E-state index in [1.165, 1.54) is 0 Å². The van der Waals surface area contributed by atoms with Gasteiger partial charge in [-0.15, -0.1) is 0 Å². The van der Waals surface area contributed by atoms with Gasteiger partial charge in [-0.2, -0.15) is 0 Å². The van der Waals surface area contributed by atoms with Gasteiger partial charge in [-0.1, -0.05) is 0 Å². The molecular weight excluding hydrogens is 134 g/mol. The Bertz CT molecular complexity index is 197. The molecule has 1 saturated heterocycles. The summed E-state index contributed by atoms with van der Waals surface area (Å²) < 4.78 is 0. The number of amides is 1. The summed E-state index contributed by atoms with van der Waals surface area (Å²) >= 11 is 0. The molecule has 10 heavy (non-hydrogen) atoms. The van der Waals surface area contributed by atoms with Crippen LogP contribution < -0.4 is 5.32 Å². The summed E-state index contributed by atoms with van der Waals surface area (Å²) in [5.41, 5.74) is -0.892. The predicted octanol–water partition coefficient (Wildman–Crippen LogP) is -1.18. The number of ketones is 1. The standard InChI is InChI=1S/C6H9NO3/c1-6(2)4(9)3(8)5(10)7-6/h3,8H,1-2H3,(H,7,10). The maximum absolute atomic E-state index is 10.9. The lowest BCUT2D eigenvalue weighted by Gasteiger charge is -2.13. The molecule has 1 unspecified atom stereocenters. The Morgan fingerprint density at radius 2 is 2.00 bits per heavy atom. The van der Waals surface area contributed by atoms with Crippen molar-refractivity contribution in [3.8, 4) is 0 Å². The number of hydrogen-bond acceptors (Lipinski definition) is 3. The summed E-state index contributed by atoms with van der Waals surface area (Å²) in [5, 5.41) is 11.2. The molecule has 0 aliphatic carbocycles. The molecule has 1 aliphatic rings. The Morgan fingerprint density at radius 3 is 2.10 bits per heavy atom. The van der Waals surface area contributed by atoms with Crippen LogP contribution in [-0.4, -0.2) is 28.4 Å². The minimum Gasteiger partial charge on any atom is -0.376 e. The summed E-state index contributed by atoms with van der Waals surface area (Å²) in [6.45, 7) is 3.12. The number of Topliss-reactive ketones (excluding diaryl/α,β-unsaturated/α-hetero) is 1. The van der Waals surface area contributed by atoms with Crippen LogP contribution in [0.3, 0.4) is 0 Å². The van der Waals surface area contributed by atoms with E-state index in [1.54, 1.807) is 13.8 Å². The highest BCUT2D eigenvalue weighted by atomic mass is 16.3. The fourth-order valence-corrected chi connectivity index (χ4v) is 0.899. The molecule has 1 aliphatic heterocycles. The molecule has 0 saturated carbocycles. The molecule has 1 rings (SSSR count). The zero-order valence-corrected chi connectivity index (χ0v) is 5.84. The fraction of sp³-hybridized carbons (Fsp3) is 0.667. The number of aliphatic hydroxyl groups excluding tert-OH is 1. The number of carbonyl (C=O) groups excluding carboxylic acids is 2. The SMILES string of the molecule is CC1(C)NC(=O)C(O)C1=O. The van der Waals surface area contributed by atoms with E-state index >= 15 is 0 Å². The van der Waals surface area contributed by atoms with Crippen molar-refractivity contribution in [1.29, 1.82) is 0 Å². The second-order valence-electron chi connectivity index (χ2n) is 2.88. The van der Waals surface area contributed by atoms with Crippen molar-refractivity contribution in [2.75, 3.05) is 0 Å². The third-order valence-electron chi connectivity index (χ3n) is 1.55. The molecule has 1 heterocycles. The fourth-order valence-electron chi connectivity index (χ4n) is 0.899. The Morgan fingerprint density at radius 1 is 1.50 bits per heavy atom. The van der Waals surface area contributed by atoms with Crippen LogP contribution in [0, 0.1) is 0 Å². The molecule has 0 spiro atoms. The first kappa shape index (κ1) is 7.21. The Balaban J connectivity index is 2.92. The summed E-state index contributed by atoms with van der Waals surface area (Å²) in [6.07, 6.45) is -1.46. The van der Waals surface area contributed by atoms with Crippen LogP contribution >= 0.6 is 0 Å². The highest BCUT2D eigenvalue weighted by Crippen LogP contribution is 2.14. The number of rotatable bonds is 0. The van der Waals surface area contributed by atoms with Gasteiger partial charge in [0, 0.05) is 0 Å². The van der Waals surface area contributed by atoms with Crippen LogP contribution in [0.1, 0.15) is 13.8 Å². The predicted molar refractivity (Wildman–Crippen MR) is 33.2 cm³/mol. The van der Waals surface area contributed by atoms with E-state index in [0.29, 0.717) is 0 Å². The van der Waals surface area contributed by atoms with E-state index in [4.69, 9.17) is 5.11 Å². The van der Waals surface area contributed by atoms with Crippen molar-refractivity contribution in [3.05, 3.63) is 0 Å². The number of nitrogens with one attached hydrogen (secondary N) is 1. The van der Waals surface area contributed by atoms with Gasteiger partial charge in [-0.3, -0.25) is 9.59 Å².